The summed E-state index contributed by atoms with van der Waals surface area (Å²) in [6, 6.07) is 19.4. The highest BCUT2D eigenvalue weighted by molar-refractivity contribution is 6.27. The molecule has 2 fully saturated rings. The number of fused-ring (bicyclic) bond motifs is 5. The van der Waals surface area contributed by atoms with Gasteiger partial charge in [-0.1, -0.05) is 48.0 Å². The van der Waals surface area contributed by atoms with E-state index in [4.69, 9.17) is 4.74 Å². The molecule has 4 atom stereocenters. The summed E-state index contributed by atoms with van der Waals surface area (Å²) < 4.78 is 4.93. The fourth-order valence-corrected chi connectivity index (χ4v) is 6.82. The van der Waals surface area contributed by atoms with Crippen LogP contribution in [0.25, 0.3) is 10.9 Å². The lowest BCUT2D eigenvalue weighted by Crippen LogP contribution is -2.53. The molecule has 0 radical (unpaired) electrons. The van der Waals surface area contributed by atoms with Gasteiger partial charge in [-0.15, -0.1) is 0 Å². The number of nitrogens with zero attached hydrogens (tertiary/aromatic N) is 1. The quantitative estimate of drug-likeness (QED) is 0.273. The molecular weight excluding hydrogens is 508 g/mol. The van der Waals surface area contributed by atoms with Crippen LogP contribution in [0.15, 0.2) is 72.9 Å². The SMILES string of the molecule is COC(=O)c1ccccc1N1C(=O)C2C(Cc3c[nH]c4ccccc34)NC3(C(=O)Nc4ccc(C)cc43)C2C1=O. The number of carbonyl (C=O) groups is 4. The summed E-state index contributed by atoms with van der Waals surface area (Å²) in [6.07, 6.45) is 2.32. The van der Waals surface area contributed by atoms with Crippen LogP contribution < -0.4 is 15.5 Å². The van der Waals surface area contributed by atoms with Gasteiger partial charge in [0.05, 0.1) is 30.2 Å². The molecule has 4 unspecified atom stereocenters. The number of aromatic nitrogens is 1. The molecule has 0 saturated carbocycles. The number of hydrogen-bond donors (Lipinski definition) is 3. The number of benzene rings is 3. The number of hydrogen-bond acceptors (Lipinski definition) is 6. The molecule has 9 nitrogen and oxygen atoms in total. The van der Waals surface area contributed by atoms with Crippen LogP contribution in [-0.4, -0.2) is 41.8 Å². The van der Waals surface area contributed by atoms with Crippen LogP contribution in [0.5, 0.6) is 0 Å². The molecule has 1 spiro atoms. The number of methoxy groups -OCH3 is 1. The first-order valence-electron chi connectivity index (χ1n) is 13.2. The number of ether oxygens (including phenoxy) is 1. The Morgan fingerprint density at radius 1 is 1.00 bits per heavy atom. The van der Waals surface area contributed by atoms with Gasteiger partial charge < -0.3 is 15.0 Å². The van der Waals surface area contributed by atoms with Crippen molar-refractivity contribution < 1.29 is 23.9 Å². The topological polar surface area (TPSA) is 121 Å². The number of imide groups is 1. The number of anilines is 2. The van der Waals surface area contributed by atoms with E-state index in [2.05, 4.69) is 15.6 Å². The minimum Gasteiger partial charge on any atom is -0.465 e. The molecule has 3 aromatic carbocycles. The molecule has 3 aliphatic heterocycles. The lowest BCUT2D eigenvalue weighted by molar-refractivity contribution is -0.130. The maximum atomic E-state index is 14.3. The third-order valence-electron chi connectivity index (χ3n) is 8.54. The third kappa shape index (κ3) is 3.18. The minimum atomic E-state index is -1.44. The van der Waals surface area contributed by atoms with Crippen LogP contribution in [0.4, 0.5) is 11.4 Å². The van der Waals surface area contributed by atoms with Crippen molar-refractivity contribution in [2.75, 3.05) is 17.3 Å². The van der Waals surface area contributed by atoms with Gasteiger partial charge in [-0.25, -0.2) is 9.69 Å². The molecular formula is C31H26N4O5. The number of para-hydroxylation sites is 2. The molecule has 4 aromatic rings. The average molecular weight is 535 g/mol. The summed E-state index contributed by atoms with van der Waals surface area (Å²) >= 11 is 0. The largest absolute Gasteiger partial charge is 0.465 e. The van der Waals surface area contributed by atoms with E-state index in [1.54, 1.807) is 18.2 Å². The highest BCUT2D eigenvalue weighted by Gasteiger charge is 2.70. The first-order chi connectivity index (χ1) is 19.3. The fourth-order valence-electron chi connectivity index (χ4n) is 6.82. The highest BCUT2D eigenvalue weighted by Crippen LogP contribution is 2.54. The Labute approximate surface area is 229 Å². The van der Waals surface area contributed by atoms with Crippen molar-refractivity contribution >= 4 is 46.0 Å². The molecule has 9 heteroatoms. The first kappa shape index (κ1) is 24.3. The highest BCUT2D eigenvalue weighted by atomic mass is 16.5. The maximum Gasteiger partial charge on any atom is 0.339 e. The van der Waals surface area contributed by atoms with E-state index in [9.17, 15) is 19.2 Å². The molecule has 200 valence electrons. The number of carbonyl (C=O) groups excluding carboxylic acids is 4. The molecule has 7 rings (SSSR count). The van der Waals surface area contributed by atoms with E-state index >= 15 is 0 Å². The Balaban J connectivity index is 1.40. The average Bonchev–Trinajstić information content (AvgIpc) is 3.67. The van der Waals surface area contributed by atoms with Gasteiger partial charge in [0, 0.05) is 34.4 Å². The van der Waals surface area contributed by atoms with E-state index in [-0.39, 0.29) is 17.2 Å². The number of rotatable bonds is 4. The van der Waals surface area contributed by atoms with Crippen molar-refractivity contribution in [1.82, 2.24) is 10.3 Å². The van der Waals surface area contributed by atoms with Crippen LogP contribution in [0.2, 0.25) is 0 Å². The smallest absolute Gasteiger partial charge is 0.339 e. The lowest BCUT2D eigenvalue weighted by Gasteiger charge is -2.30. The minimum absolute atomic E-state index is 0.106. The van der Waals surface area contributed by atoms with Crippen LogP contribution in [-0.2, 0) is 31.1 Å². The zero-order valence-corrected chi connectivity index (χ0v) is 21.9. The monoisotopic (exact) mass is 534 g/mol. The molecule has 2 saturated heterocycles. The molecule has 4 heterocycles. The summed E-state index contributed by atoms with van der Waals surface area (Å²) in [7, 11) is 1.25. The van der Waals surface area contributed by atoms with E-state index in [0.29, 0.717) is 17.7 Å². The number of amides is 3. The van der Waals surface area contributed by atoms with Crippen molar-refractivity contribution in [3.8, 4) is 0 Å². The fraction of sp³-hybridized carbons (Fsp3) is 0.226. The Morgan fingerprint density at radius 2 is 1.77 bits per heavy atom. The van der Waals surface area contributed by atoms with E-state index in [1.165, 1.54) is 13.2 Å². The maximum absolute atomic E-state index is 14.3. The molecule has 0 aliphatic carbocycles. The lowest BCUT2D eigenvalue weighted by atomic mass is 9.76. The third-order valence-corrected chi connectivity index (χ3v) is 8.54. The molecule has 40 heavy (non-hydrogen) atoms. The van der Waals surface area contributed by atoms with Gasteiger partial charge >= 0.3 is 5.97 Å². The van der Waals surface area contributed by atoms with Gasteiger partial charge in [-0.3, -0.25) is 19.7 Å². The van der Waals surface area contributed by atoms with Gasteiger partial charge in [-0.05, 0) is 43.2 Å². The standard InChI is InChI=1S/C31H26N4O5/c1-16-11-12-22-20(13-16)31(30(39)33-22)26-25(23(34-31)14-17-15-32-21-9-5-3-7-18(17)21)27(36)35(28(26)37)24-10-6-4-8-19(24)29(38)40-2/h3-13,15,23,25-26,32,34H,14H2,1-2H3,(H,33,39). The van der Waals surface area contributed by atoms with E-state index in [0.717, 1.165) is 26.9 Å². The van der Waals surface area contributed by atoms with Gasteiger partial charge in [0.2, 0.25) is 17.7 Å². The van der Waals surface area contributed by atoms with Crippen LogP contribution in [0, 0.1) is 18.8 Å². The van der Waals surface area contributed by atoms with Gasteiger partial charge in [0.1, 0.15) is 5.54 Å². The molecule has 1 aromatic heterocycles. The number of esters is 1. The Morgan fingerprint density at radius 3 is 2.60 bits per heavy atom. The summed E-state index contributed by atoms with van der Waals surface area (Å²) in [5.74, 6) is -3.85. The number of aromatic amines is 1. The predicted molar refractivity (Wildman–Crippen MR) is 148 cm³/mol. The molecule has 3 amide bonds. The zero-order valence-electron chi connectivity index (χ0n) is 21.9. The van der Waals surface area contributed by atoms with Gasteiger partial charge in [-0.2, -0.15) is 0 Å². The second-order valence-electron chi connectivity index (χ2n) is 10.6. The zero-order chi connectivity index (χ0) is 27.8. The summed E-state index contributed by atoms with van der Waals surface area (Å²) in [5.41, 5.74) is 2.95. The van der Waals surface area contributed by atoms with Gasteiger partial charge in [0.15, 0.2) is 0 Å². The molecule has 0 bridgehead atoms. The van der Waals surface area contributed by atoms with Crippen molar-refractivity contribution in [3.63, 3.8) is 0 Å². The number of nitrogens with one attached hydrogen (secondary N) is 3. The van der Waals surface area contributed by atoms with Crippen molar-refractivity contribution in [2.45, 2.75) is 24.9 Å². The first-order valence-corrected chi connectivity index (χ1v) is 13.2. The van der Waals surface area contributed by atoms with E-state index < -0.39 is 41.2 Å². The number of aryl methyl sites for hydroxylation is 1. The summed E-state index contributed by atoms with van der Waals surface area (Å²) in [4.78, 5) is 59.4. The van der Waals surface area contributed by atoms with Crippen molar-refractivity contribution in [3.05, 3.63) is 95.2 Å². The Kier molecular flexibility index (Phi) is 5.24. The van der Waals surface area contributed by atoms with Gasteiger partial charge in [0.25, 0.3) is 0 Å². The summed E-state index contributed by atoms with van der Waals surface area (Å²) in [6.45, 7) is 1.92. The second-order valence-corrected chi connectivity index (χ2v) is 10.6. The van der Waals surface area contributed by atoms with Crippen LogP contribution in [0.3, 0.4) is 0 Å². The van der Waals surface area contributed by atoms with Crippen LogP contribution in [0.1, 0.15) is 27.0 Å². The molecule has 3 N–H and O–H groups in total. The Bertz CT molecular complexity index is 1760. The number of H-pyrrole nitrogens is 1. The van der Waals surface area contributed by atoms with E-state index in [1.807, 2.05) is 55.6 Å². The molecule has 3 aliphatic rings. The van der Waals surface area contributed by atoms with Crippen molar-refractivity contribution in [2.24, 2.45) is 11.8 Å². The predicted octanol–water partition coefficient (Wildman–Crippen LogP) is 3.43. The summed E-state index contributed by atoms with van der Waals surface area (Å²) in [5, 5.41) is 7.46. The normalized spacial score (nSPS) is 25.0. The van der Waals surface area contributed by atoms with Crippen molar-refractivity contribution in [1.29, 1.82) is 0 Å². The van der Waals surface area contributed by atoms with Crippen LogP contribution >= 0.6 is 0 Å². The second kappa shape index (κ2) is 8.62. The Hall–Kier alpha value is -4.76.